The Morgan fingerprint density at radius 3 is 2.52 bits per heavy atom. The Morgan fingerprint density at radius 1 is 1.16 bits per heavy atom. The van der Waals surface area contributed by atoms with Crippen molar-refractivity contribution >= 4 is 51.0 Å². The van der Waals surface area contributed by atoms with Gasteiger partial charge in [0.25, 0.3) is 5.56 Å². The highest BCUT2D eigenvalue weighted by atomic mass is 127. The van der Waals surface area contributed by atoms with E-state index in [1.807, 2.05) is 56.3 Å². The molecule has 0 amide bonds. The van der Waals surface area contributed by atoms with E-state index in [1.54, 1.807) is 10.6 Å². The third kappa shape index (κ3) is 3.95. The second kappa shape index (κ2) is 7.70. The highest BCUT2D eigenvalue weighted by molar-refractivity contribution is 14.1. The Kier molecular flexibility index (Phi) is 5.58. The van der Waals surface area contributed by atoms with Gasteiger partial charge in [-0.3, -0.25) is 14.2 Å². The van der Waals surface area contributed by atoms with E-state index in [1.165, 1.54) is 11.8 Å². The van der Waals surface area contributed by atoms with Crippen LogP contribution < -0.4 is 5.56 Å². The standard InChI is InChI=1S/C19H17IN2O2S/c1-12(2)22-18(24)15-5-3-4-6-16(15)21-19(22)25-11-17(23)13-7-9-14(20)10-8-13/h3-10,12H,11H2,1-2H3. The van der Waals surface area contributed by atoms with Gasteiger partial charge in [-0.2, -0.15) is 0 Å². The number of carbonyl (C=O) groups excluding carboxylic acids is 1. The number of aromatic nitrogens is 2. The van der Waals surface area contributed by atoms with Crippen LogP contribution >= 0.6 is 34.4 Å². The second-order valence-electron chi connectivity index (χ2n) is 5.90. The number of benzene rings is 2. The summed E-state index contributed by atoms with van der Waals surface area (Å²) in [6.07, 6.45) is 0. The maximum atomic E-state index is 12.8. The van der Waals surface area contributed by atoms with Gasteiger partial charge in [-0.25, -0.2) is 4.98 Å². The molecule has 0 saturated heterocycles. The quantitative estimate of drug-likeness (QED) is 0.241. The van der Waals surface area contributed by atoms with Crippen molar-refractivity contribution in [2.45, 2.75) is 25.0 Å². The Morgan fingerprint density at radius 2 is 1.84 bits per heavy atom. The van der Waals surface area contributed by atoms with Gasteiger partial charge in [0.1, 0.15) is 0 Å². The minimum absolute atomic E-state index is 0.0270. The predicted molar refractivity (Wildman–Crippen MR) is 111 cm³/mol. The highest BCUT2D eigenvalue weighted by Crippen LogP contribution is 2.22. The zero-order valence-electron chi connectivity index (χ0n) is 13.9. The van der Waals surface area contributed by atoms with Crippen LogP contribution in [-0.4, -0.2) is 21.1 Å². The topological polar surface area (TPSA) is 52.0 Å². The second-order valence-corrected chi connectivity index (χ2v) is 8.09. The summed E-state index contributed by atoms with van der Waals surface area (Å²) in [5.74, 6) is 0.275. The molecule has 0 fully saturated rings. The number of thioether (sulfide) groups is 1. The number of halogens is 1. The van der Waals surface area contributed by atoms with E-state index in [0.717, 1.165) is 3.57 Å². The molecule has 0 aliphatic carbocycles. The zero-order valence-corrected chi connectivity index (χ0v) is 16.9. The van der Waals surface area contributed by atoms with Crippen molar-refractivity contribution < 1.29 is 4.79 Å². The molecule has 0 saturated carbocycles. The van der Waals surface area contributed by atoms with Crippen LogP contribution in [0.2, 0.25) is 0 Å². The van der Waals surface area contributed by atoms with Crippen LogP contribution in [0.25, 0.3) is 10.9 Å². The minimum atomic E-state index is -0.0650. The van der Waals surface area contributed by atoms with Crippen LogP contribution in [0, 0.1) is 3.57 Å². The lowest BCUT2D eigenvalue weighted by Crippen LogP contribution is -2.25. The van der Waals surface area contributed by atoms with Crippen molar-refractivity contribution in [2.24, 2.45) is 0 Å². The van der Waals surface area contributed by atoms with E-state index in [9.17, 15) is 9.59 Å². The predicted octanol–water partition coefficient (Wildman–Crippen LogP) is 4.56. The number of hydrogen-bond acceptors (Lipinski definition) is 4. The van der Waals surface area contributed by atoms with Crippen molar-refractivity contribution in [1.82, 2.24) is 9.55 Å². The van der Waals surface area contributed by atoms with E-state index in [4.69, 9.17) is 0 Å². The summed E-state index contributed by atoms with van der Waals surface area (Å²) >= 11 is 3.52. The fourth-order valence-electron chi connectivity index (χ4n) is 2.53. The number of carbonyl (C=O) groups is 1. The van der Waals surface area contributed by atoms with Gasteiger partial charge < -0.3 is 0 Å². The molecule has 0 aliphatic heterocycles. The molecule has 0 N–H and O–H groups in total. The molecule has 0 bridgehead atoms. The number of nitrogens with zero attached hydrogens (tertiary/aromatic N) is 2. The summed E-state index contributed by atoms with van der Waals surface area (Å²) in [6.45, 7) is 3.89. The summed E-state index contributed by atoms with van der Waals surface area (Å²) in [5.41, 5.74) is 1.27. The molecule has 0 radical (unpaired) electrons. The molecule has 0 unspecified atom stereocenters. The zero-order chi connectivity index (χ0) is 18.0. The number of ketones is 1. The molecule has 1 aromatic heterocycles. The average molecular weight is 464 g/mol. The fourth-order valence-corrected chi connectivity index (χ4v) is 3.91. The molecule has 6 heteroatoms. The summed E-state index contributed by atoms with van der Waals surface area (Å²) in [7, 11) is 0. The Balaban J connectivity index is 1.92. The maximum Gasteiger partial charge on any atom is 0.262 e. The van der Waals surface area contributed by atoms with E-state index >= 15 is 0 Å². The smallest absolute Gasteiger partial charge is 0.262 e. The molecule has 1 heterocycles. The van der Waals surface area contributed by atoms with E-state index in [0.29, 0.717) is 21.6 Å². The molecular weight excluding hydrogens is 447 g/mol. The fraction of sp³-hybridized carbons (Fsp3) is 0.211. The van der Waals surface area contributed by atoms with Crippen molar-refractivity contribution in [3.05, 3.63) is 68.0 Å². The summed E-state index contributed by atoms with van der Waals surface area (Å²) in [6, 6.07) is 14.8. The largest absolute Gasteiger partial charge is 0.293 e. The Labute approximate surface area is 163 Å². The van der Waals surface area contributed by atoms with Gasteiger partial charge in [0.05, 0.1) is 16.7 Å². The molecule has 4 nitrogen and oxygen atoms in total. The number of rotatable bonds is 5. The van der Waals surface area contributed by atoms with Crippen LogP contribution in [0.5, 0.6) is 0 Å². The molecule has 3 rings (SSSR count). The SMILES string of the molecule is CC(C)n1c(SCC(=O)c2ccc(I)cc2)nc2ccccc2c1=O. The minimum Gasteiger partial charge on any atom is -0.293 e. The van der Waals surface area contributed by atoms with E-state index in [2.05, 4.69) is 27.6 Å². The molecule has 0 atom stereocenters. The average Bonchev–Trinajstić information content (AvgIpc) is 2.60. The summed E-state index contributed by atoms with van der Waals surface area (Å²) in [4.78, 5) is 29.8. The molecular formula is C19H17IN2O2S. The Hall–Kier alpha value is -1.67. The normalized spacial score (nSPS) is 11.2. The molecule has 0 spiro atoms. The number of para-hydroxylation sites is 1. The van der Waals surface area contributed by atoms with Crippen LogP contribution in [0.15, 0.2) is 58.5 Å². The Bertz CT molecular complexity index is 981. The van der Waals surface area contributed by atoms with Gasteiger partial charge in [-0.1, -0.05) is 36.0 Å². The number of fused-ring (bicyclic) bond motifs is 1. The van der Waals surface area contributed by atoms with Crippen LogP contribution in [0.4, 0.5) is 0 Å². The lowest BCUT2D eigenvalue weighted by Gasteiger charge is -2.15. The van der Waals surface area contributed by atoms with Gasteiger partial charge in [-0.05, 0) is 60.7 Å². The van der Waals surface area contributed by atoms with Crippen LogP contribution in [0.3, 0.4) is 0 Å². The van der Waals surface area contributed by atoms with Crippen LogP contribution in [0.1, 0.15) is 30.2 Å². The third-order valence-electron chi connectivity index (χ3n) is 3.79. The van der Waals surface area contributed by atoms with Crippen molar-refractivity contribution in [1.29, 1.82) is 0 Å². The van der Waals surface area contributed by atoms with Crippen molar-refractivity contribution in [2.75, 3.05) is 5.75 Å². The number of Topliss-reactive ketones (excluding diaryl/α,β-unsaturated/α-hetero) is 1. The van der Waals surface area contributed by atoms with Gasteiger partial charge in [0.2, 0.25) is 0 Å². The van der Waals surface area contributed by atoms with Gasteiger partial charge in [0.15, 0.2) is 10.9 Å². The van der Waals surface area contributed by atoms with E-state index in [-0.39, 0.29) is 23.1 Å². The first-order chi connectivity index (χ1) is 12.0. The lowest BCUT2D eigenvalue weighted by molar-refractivity contribution is 0.102. The van der Waals surface area contributed by atoms with Crippen molar-refractivity contribution in [3.63, 3.8) is 0 Å². The lowest BCUT2D eigenvalue weighted by atomic mass is 10.2. The summed E-state index contributed by atoms with van der Waals surface area (Å²) in [5, 5.41) is 1.18. The molecule has 0 aliphatic rings. The molecule has 25 heavy (non-hydrogen) atoms. The molecule has 3 aromatic rings. The molecule has 2 aromatic carbocycles. The highest BCUT2D eigenvalue weighted by Gasteiger charge is 2.15. The maximum absolute atomic E-state index is 12.8. The third-order valence-corrected chi connectivity index (χ3v) is 5.46. The molecule has 128 valence electrons. The van der Waals surface area contributed by atoms with Crippen LogP contribution in [-0.2, 0) is 0 Å². The van der Waals surface area contributed by atoms with Crippen molar-refractivity contribution in [3.8, 4) is 0 Å². The first-order valence-corrected chi connectivity index (χ1v) is 9.96. The summed E-state index contributed by atoms with van der Waals surface area (Å²) < 4.78 is 2.75. The first-order valence-electron chi connectivity index (χ1n) is 7.90. The number of hydrogen-bond donors (Lipinski definition) is 0. The van der Waals surface area contributed by atoms with Gasteiger partial charge in [0, 0.05) is 15.2 Å². The monoisotopic (exact) mass is 464 g/mol. The van der Waals surface area contributed by atoms with Gasteiger partial charge in [-0.15, -0.1) is 0 Å². The first kappa shape index (κ1) is 18.1. The van der Waals surface area contributed by atoms with Gasteiger partial charge >= 0.3 is 0 Å². The van der Waals surface area contributed by atoms with E-state index < -0.39 is 0 Å².